The van der Waals surface area contributed by atoms with Crippen LogP contribution in [0.15, 0.2) is 30.3 Å². The molecule has 0 spiro atoms. The Balaban J connectivity index is 1.66. The molecule has 29 heavy (non-hydrogen) atoms. The first kappa shape index (κ1) is 21.2. The lowest BCUT2D eigenvalue weighted by atomic mass is 10.2. The summed E-state index contributed by atoms with van der Waals surface area (Å²) in [4.78, 5) is 17.3. The molecule has 8 heteroatoms. The molecule has 1 N–H and O–H groups in total. The van der Waals surface area contributed by atoms with Crippen LogP contribution in [0.1, 0.15) is 28.7 Å². The van der Waals surface area contributed by atoms with Crippen LogP contribution in [0.5, 0.6) is 0 Å². The van der Waals surface area contributed by atoms with Crippen LogP contribution >= 0.6 is 0 Å². The van der Waals surface area contributed by atoms with Crippen molar-refractivity contribution in [3.05, 3.63) is 47.3 Å². The van der Waals surface area contributed by atoms with E-state index in [1.54, 1.807) is 6.92 Å². The second kappa shape index (κ2) is 8.49. The van der Waals surface area contributed by atoms with Gasteiger partial charge in [0.25, 0.3) is 5.91 Å². The molecular formula is C21H27F3N4O. The number of aromatic nitrogens is 1. The SMILES string of the molecule is CCN1CCN(c2ccc(NC(=O)c3cc(C)n(CC(F)(F)F)c3C)cc2)CC1. The van der Waals surface area contributed by atoms with Gasteiger partial charge in [0, 0.05) is 48.9 Å². The Kier molecular flexibility index (Phi) is 6.21. The number of hydrogen-bond donors (Lipinski definition) is 1. The van der Waals surface area contributed by atoms with Crippen molar-refractivity contribution in [1.29, 1.82) is 0 Å². The molecule has 158 valence electrons. The maximum Gasteiger partial charge on any atom is 0.406 e. The van der Waals surface area contributed by atoms with Crippen LogP contribution in [-0.4, -0.2) is 54.3 Å². The van der Waals surface area contributed by atoms with Gasteiger partial charge >= 0.3 is 6.18 Å². The highest BCUT2D eigenvalue weighted by Crippen LogP contribution is 2.24. The van der Waals surface area contributed by atoms with E-state index in [2.05, 4.69) is 22.0 Å². The molecule has 3 rings (SSSR count). The highest BCUT2D eigenvalue weighted by molar-refractivity contribution is 6.05. The maximum absolute atomic E-state index is 12.8. The van der Waals surface area contributed by atoms with Gasteiger partial charge < -0.3 is 19.7 Å². The van der Waals surface area contributed by atoms with Gasteiger partial charge in [-0.1, -0.05) is 6.92 Å². The number of alkyl halides is 3. The van der Waals surface area contributed by atoms with E-state index in [4.69, 9.17) is 0 Å². The van der Waals surface area contributed by atoms with Gasteiger partial charge in [0.15, 0.2) is 0 Å². The van der Waals surface area contributed by atoms with E-state index in [9.17, 15) is 18.0 Å². The van der Waals surface area contributed by atoms with Gasteiger partial charge in [-0.25, -0.2) is 0 Å². The minimum atomic E-state index is -4.33. The Hall–Kier alpha value is -2.48. The van der Waals surface area contributed by atoms with Gasteiger partial charge in [-0.2, -0.15) is 13.2 Å². The predicted molar refractivity (Wildman–Crippen MR) is 109 cm³/mol. The van der Waals surface area contributed by atoms with Crippen LogP contribution < -0.4 is 10.2 Å². The lowest BCUT2D eigenvalue weighted by Crippen LogP contribution is -2.46. The number of aryl methyl sites for hydroxylation is 1. The number of rotatable bonds is 5. The molecule has 5 nitrogen and oxygen atoms in total. The van der Waals surface area contributed by atoms with Crippen molar-refractivity contribution in [2.75, 3.05) is 42.9 Å². The van der Waals surface area contributed by atoms with Crippen molar-refractivity contribution >= 4 is 17.3 Å². The standard InChI is InChI=1S/C21H27F3N4O/c1-4-26-9-11-27(12-10-26)18-7-5-17(6-8-18)25-20(29)19-13-15(2)28(16(19)3)14-21(22,23)24/h5-8,13H,4,9-12,14H2,1-3H3,(H,25,29). The Morgan fingerprint density at radius 3 is 2.24 bits per heavy atom. The summed E-state index contributed by atoms with van der Waals surface area (Å²) < 4.78 is 39.4. The lowest BCUT2D eigenvalue weighted by molar-refractivity contribution is -0.141. The van der Waals surface area contributed by atoms with Crippen LogP contribution in [0, 0.1) is 13.8 Å². The summed E-state index contributed by atoms with van der Waals surface area (Å²) in [5.41, 5.74) is 2.69. The molecule has 1 aromatic heterocycles. The summed E-state index contributed by atoms with van der Waals surface area (Å²) >= 11 is 0. The first-order valence-corrected chi connectivity index (χ1v) is 9.80. The fraction of sp³-hybridized carbons (Fsp3) is 0.476. The van der Waals surface area contributed by atoms with E-state index in [1.165, 1.54) is 13.0 Å². The molecule has 0 saturated carbocycles. The molecular weight excluding hydrogens is 381 g/mol. The number of nitrogens with zero attached hydrogens (tertiary/aromatic N) is 3. The molecule has 1 saturated heterocycles. The number of nitrogens with one attached hydrogen (secondary N) is 1. The van der Waals surface area contributed by atoms with Gasteiger partial charge in [-0.3, -0.25) is 4.79 Å². The molecule has 2 aromatic rings. The van der Waals surface area contributed by atoms with E-state index in [1.807, 2.05) is 24.3 Å². The zero-order valence-corrected chi connectivity index (χ0v) is 17.0. The minimum Gasteiger partial charge on any atom is -0.369 e. The summed E-state index contributed by atoms with van der Waals surface area (Å²) in [7, 11) is 0. The van der Waals surface area contributed by atoms with Crippen molar-refractivity contribution in [3.8, 4) is 0 Å². The molecule has 1 aliphatic rings. The number of amides is 1. The summed E-state index contributed by atoms with van der Waals surface area (Å²) in [6, 6.07) is 9.08. The molecule has 1 aliphatic heterocycles. The van der Waals surface area contributed by atoms with Gasteiger partial charge in [-0.15, -0.1) is 0 Å². The smallest absolute Gasteiger partial charge is 0.369 e. The van der Waals surface area contributed by atoms with Crippen molar-refractivity contribution in [1.82, 2.24) is 9.47 Å². The molecule has 1 aromatic carbocycles. The largest absolute Gasteiger partial charge is 0.406 e. The molecule has 2 heterocycles. The Labute approximate surface area is 169 Å². The van der Waals surface area contributed by atoms with E-state index >= 15 is 0 Å². The first-order chi connectivity index (χ1) is 13.7. The topological polar surface area (TPSA) is 40.5 Å². The van der Waals surface area contributed by atoms with Crippen molar-refractivity contribution in [3.63, 3.8) is 0 Å². The second-order valence-electron chi connectivity index (χ2n) is 7.41. The summed E-state index contributed by atoms with van der Waals surface area (Å²) in [6.07, 6.45) is -4.33. The van der Waals surface area contributed by atoms with Crippen LogP contribution in [0.4, 0.5) is 24.5 Å². The Bertz CT molecular complexity index is 850. The molecule has 0 atom stereocenters. The van der Waals surface area contributed by atoms with E-state index in [-0.39, 0.29) is 5.56 Å². The fourth-order valence-corrected chi connectivity index (χ4v) is 3.73. The highest BCUT2D eigenvalue weighted by Gasteiger charge is 2.30. The average Bonchev–Trinajstić information content (AvgIpc) is 2.96. The number of halogens is 3. The lowest BCUT2D eigenvalue weighted by Gasteiger charge is -2.35. The molecule has 1 fully saturated rings. The number of benzene rings is 1. The average molecular weight is 408 g/mol. The van der Waals surface area contributed by atoms with Crippen molar-refractivity contribution < 1.29 is 18.0 Å². The molecule has 0 bridgehead atoms. The number of anilines is 2. The third kappa shape index (κ3) is 5.12. The molecule has 1 amide bonds. The second-order valence-corrected chi connectivity index (χ2v) is 7.41. The quantitative estimate of drug-likeness (QED) is 0.811. The number of carbonyl (C=O) groups is 1. The minimum absolute atomic E-state index is 0.256. The van der Waals surface area contributed by atoms with E-state index in [0.29, 0.717) is 17.1 Å². The van der Waals surface area contributed by atoms with Crippen LogP contribution in [0.3, 0.4) is 0 Å². The molecule has 0 unspecified atom stereocenters. The first-order valence-electron chi connectivity index (χ1n) is 9.80. The molecule has 0 radical (unpaired) electrons. The maximum atomic E-state index is 12.8. The van der Waals surface area contributed by atoms with Gasteiger partial charge in [-0.05, 0) is 50.7 Å². The third-order valence-corrected chi connectivity index (χ3v) is 5.47. The predicted octanol–water partition coefficient (Wildman–Crippen LogP) is 4.06. The van der Waals surface area contributed by atoms with Gasteiger partial charge in [0.2, 0.25) is 0 Å². The van der Waals surface area contributed by atoms with E-state index in [0.717, 1.165) is 43.0 Å². The summed E-state index contributed by atoms with van der Waals surface area (Å²) in [5, 5.41) is 2.79. The van der Waals surface area contributed by atoms with Crippen LogP contribution in [-0.2, 0) is 6.54 Å². The fourth-order valence-electron chi connectivity index (χ4n) is 3.73. The van der Waals surface area contributed by atoms with Crippen LogP contribution in [0.2, 0.25) is 0 Å². The Morgan fingerprint density at radius 2 is 1.69 bits per heavy atom. The number of carbonyl (C=O) groups excluding carboxylic acids is 1. The number of piperazine rings is 1. The van der Waals surface area contributed by atoms with Crippen molar-refractivity contribution in [2.45, 2.75) is 33.5 Å². The summed E-state index contributed by atoms with van der Waals surface area (Å²) in [5.74, 6) is -0.407. The normalized spacial score (nSPS) is 15.6. The van der Waals surface area contributed by atoms with Crippen LogP contribution in [0.25, 0.3) is 0 Å². The molecule has 0 aliphatic carbocycles. The third-order valence-electron chi connectivity index (χ3n) is 5.47. The zero-order valence-electron chi connectivity index (χ0n) is 17.0. The van der Waals surface area contributed by atoms with Gasteiger partial charge in [0.1, 0.15) is 6.54 Å². The Morgan fingerprint density at radius 1 is 1.07 bits per heavy atom. The summed E-state index contributed by atoms with van der Waals surface area (Å²) in [6.45, 7) is 9.21. The number of hydrogen-bond acceptors (Lipinski definition) is 3. The number of likely N-dealkylation sites (N-methyl/N-ethyl adjacent to an activating group) is 1. The zero-order chi connectivity index (χ0) is 21.2. The van der Waals surface area contributed by atoms with E-state index < -0.39 is 18.6 Å². The highest BCUT2D eigenvalue weighted by atomic mass is 19.4. The van der Waals surface area contributed by atoms with Crippen molar-refractivity contribution in [2.24, 2.45) is 0 Å². The monoisotopic (exact) mass is 408 g/mol. The van der Waals surface area contributed by atoms with Gasteiger partial charge in [0.05, 0.1) is 5.56 Å².